The maximum atomic E-state index is 16.0. The molecule has 2 aromatic heterocycles. The molecule has 5 aliphatic heterocycles. The number of aliphatic hydroxyl groups excluding tert-OH is 1. The average Bonchev–Trinajstić information content (AvgIpc) is 3.89. The number of nitrogens with two attached hydrogens (primary N) is 2. The molecule has 68 heavy (non-hydrogen) atoms. The number of hydrogen-bond acceptors (Lipinski definition) is 16. The number of alkyl halides is 2. The number of rotatable bonds is 16. The lowest BCUT2D eigenvalue weighted by Gasteiger charge is -2.44. The van der Waals surface area contributed by atoms with E-state index in [2.05, 4.69) is 30.5 Å². The highest BCUT2D eigenvalue weighted by Gasteiger charge is 2.44. The molecule has 0 aliphatic carbocycles. The van der Waals surface area contributed by atoms with Crippen molar-refractivity contribution in [2.24, 2.45) is 5.73 Å². The van der Waals surface area contributed by atoms with Crippen LogP contribution in [0.1, 0.15) is 60.0 Å². The van der Waals surface area contributed by atoms with Gasteiger partial charge in [0.2, 0.25) is 11.8 Å². The van der Waals surface area contributed by atoms with Gasteiger partial charge in [-0.25, -0.2) is 27.5 Å². The van der Waals surface area contributed by atoms with Crippen LogP contribution < -0.4 is 41.4 Å². The zero-order chi connectivity index (χ0) is 47.7. The maximum absolute atomic E-state index is 16.0. The van der Waals surface area contributed by atoms with Crippen molar-refractivity contribution >= 4 is 40.7 Å². The summed E-state index contributed by atoms with van der Waals surface area (Å²) in [5, 5.41) is 15.8. The number of halogens is 4. The molecule has 7 N–H and O–H groups in total. The largest absolute Gasteiger partial charge is 0.491 e. The number of nitrogens with one attached hydrogen (secondary N) is 2. The Balaban J connectivity index is 0.769. The van der Waals surface area contributed by atoms with E-state index in [1.165, 1.54) is 17.4 Å². The summed E-state index contributed by atoms with van der Waals surface area (Å²) < 4.78 is 76.9. The molecule has 0 saturated carbocycles. The van der Waals surface area contributed by atoms with E-state index in [4.69, 9.17) is 25.7 Å². The van der Waals surface area contributed by atoms with E-state index >= 15 is 8.78 Å². The van der Waals surface area contributed by atoms with E-state index in [1.807, 2.05) is 4.90 Å². The molecule has 5 aliphatic rings. The molecule has 3 atom stereocenters. The van der Waals surface area contributed by atoms with Gasteiger partial charge in [0.05, 0.1) is 43.0 Å². The van der Waals surface area contributed by atoms with Gasteiger partial charge in [-0.05, 0) is 73.6 Å². The molecule has 7 heterocycles. The van der Waals surface area contributed by atoms with Gasteiger partial charge in [-0.1, -0.05) is 0 Å². The second-order valence-corrected chi connectivity index (χ2v) is 17.8. The Morgan fingerprint density at radius 3 is 2.57 bits per heavy atom. The number of fused-ring (bicyclic) bond motifs is 2. The van der Waals surface area contributed by atoms with Crippen molar-refractivity contribution in [2.45, 2.75) is 81.8 Å². The third-order valence-electron chi connectivity index (χ3n) is 13.3. The number of nitrogen functional groups attached to an aromatic ring is 1. The van der Waals surface area contributed by atoms with Crippen molar-refractivity contribution in [1.82, 2.24) is 30.1 Å². The predicted octanol–water partition coefficient (Wildman–Crippen LogP) is 3.41. The number of piperidine rings is 3. The van der Waals surface area contributed by atoms with E-state index in [0.29, 0.717) is 106 Å². The summed E-state index contributed by atoms with van der Waals surface area (Å²) in [5.41, 5.74) is 13.8. The number of anilines is 4. The van der Waals surface area contributed by atoms with Gasteiger partial charge < -0.3 is 55.7 Å². The van der Waals surface area contributed by atoms with Crippen LogP contribution in [0, 0.1) is 11.6 Å². The van der Waals surface area contributed by atoms with Gasteiger partial charge in [0.25, 0.3) is 12.3 Å². The second kappa shape index (κ2) is 19.7. The van der Waals surface area contributed by atoms with E-state index < -0.39 is 41.7 Å². The molecular weight excluding hydrogens is 895 g/mol. The minimum atomic E-state index is -3.04. The van der Waals surface area contributed by atoms with Gasteiger partial charge in [-0.3, -0.25) is 24.7 Å². The smallest absolute Gasteiger partial charge is 0.265 e. The summed E-state index contributed by atoms with van der Waals surface area (Å²) in [4.78, 5) is 57.2. The van der Waals surface area contributed by atoms with E-state index in [9.17, 15) is 28.3 Å². The van der Waals surface area contributed by atoms with Crippen molar-refractivity contribution in [3.05, 3.63) is 77.2 Å². The molecule has 3 saturated heterocycles. The van der Waals surface area contributed by atoms with Crippen LogP contribution in [0.3, 0.4) is 0 Å². The number of aromatic nitrogens is 3. The molecule has 22 heteroatoms. The molecule has 4 aromatic rings. The minimum absolute atomic E-state index is 0.0877. The number of nitrogens with zero attached hydrogens (tertiary/aromatic N) is 7. The number of pyridine rings is 1. The van der Waals surface area contributed by atoms with Crippen LogP contribution in [0.2, 0.25) is 0 Å². The molecule has 9 rings (SSSR count). The SMILES string of the molecule is Nc1ncnc2c1NCN2Cc1cc(-c2cc(F)c(OC3CCN(CCOCCOc4ccc5c(c4)CN(C4CCC(=O)NC4=O)C5=O)CC3)cc2F)ncc1N1CCC[C@](N)([C@@H](O)C(F)F)C1. The van der Waals surface area contributed by atoms with Crippen molar-refractivity contribution < 1.29 is 51.3 Å². The number of imide groups is 1. The first-order valence-corrected chi connectivity index (χ1v) is 22.7. The molecule has 2 aromatic carbocycles. The summed E-state index contributed by atoms with van der Waals surface area (Å²) in [7, 11) is 0. The minimum Gasteiger partial charge on any atom is -0.491 e. The van der Waals surface area contributed by atoms with Crippen molar-refractivity contribution in [3.63, 3.8) is 0 Å². The Labute approximate surface area is 388 Å². The van der Waals surface area contributed by atoms with Crippen LogP contribution >= 0.6 is 0 Å². The first-order valence-electron chi connectivity index (χ1n) is 22.7. The lowest BCUT2D eigenvalue weighted by Crippen LogP contribution is -2.63. The molecule has 18 nitrogen and oxygen atoms in total. The van der Waals surface area contributed by atoms with Gasteiger partial charge in [0.15, 0.2) is 23.2 Å². The lowest BCUT2D eigenvalue weighted by molar-refractivity contribution is -0.136. The number of likely N-dealkylation sites (tertiary alicyclic amines) is 1. The fourth-order valence-electron chi connectivity index (χ4n) is 9.64. The van der Waals surface area contributed by atoms with Gasteiger partial charge >= 0.3 is 0 Å². The van der Waals surface area contributed by atoms with E-state index in [0.717, 1.165) is 17.7 Å². The van der Waals surface area contributed by atoms with E-state index in [-0.39, 0.29) is 79.8 Å². The second-order valence-electron chi connectivity index (χ2n) is 17.8. The molecule has 362 valence electrons. The van der Waals surface area contributed by atoms with Crippen LogP contribution in [0.25, 0.3) is 11.3 Å². The molecule has 0 bridgehead atoms. The zero-order valence-electron chi connectivity index (χ0n) is 37.1. The summed E-state index contributed by atoms with van der Waals surface area (Å²) >= 11 is 0. The number of benzene rings is 2. The van der Waals surface area contributed by atoms with Crippen LogP contribution in [0.15, 0.2) is 48.9 Å². The first-order chi connectivity index (χ1) is 32.7. The summed E-state index contributed by atoms with van der Waals surface area (Å²) in [6, 6.07) is 8.20. The summed E-state index contributed by atoms with van der Waals surface area (Å²) in [6.45, 7) is 4.14. The topological polar surface area (TPSA) is 227 Å². The number of carbonyl (C=O) groups excluding carboxylic acids is 3. The average molecular weight is 948 g/mol. The maximum Gasteiger partial charge on any atom is 0.265 e. The highest BCUT2D eigenvalue weighted by atomic mass is 19.3. The predicted molar refractivity (Wildman–Crippen MR) is 240 cm³/mol. The first kappa shape index (κ1) is 46.7. The summed E-state index contributed by atoms with van der Waals surface area (Å²) in [6.07, 6.45) is -0.360. The molecule has 0 radical (unpaired) electrons. The van der Waals surface area contributed by atoms with Gasteiger partial charge in [0.1, 0.15) is 48.4 Å². The number of amides is 3. The highest BCUT2D eigenvalue weighted by Crippen LogP contribution is 2.39. The van der Waals surface area contributed by atoms with Crippen molar-refractivity contribution in [1.29, 1.82) is 0 Å². The summed E-state index contributed by atoms with van der Waals surface area (Å²) in [5.74, 6) is -1.41. The number of ether oxygens (including phenoxy) is 3. The third kappa shape index (κ3) is 9.80. The normalized spacial score (nSPS) is 21.5. The zero-order valence-corrected chi connectivity index (χ0v) is 37.1. The van der Waals surface area contributed by atoms with Crippen LogP contribution in [0.4, 0.5) is 40.6 Å². The van der Waals surface area contributed by atoms with Crippen LogP contribution in [-0.2, 0) is 27.4 Å². The van der Waals surface area contributed by atoms with Crippen molar-refractivity contribution in [2.75, 3.05) is 80.1 Å². The number of hydrogen-bond donors (Lipinski definition) is 5. The van der Waals surface area contributed by atoms with Gasteiger partial charge in [-0.15, -0.1) is 0 Å². The lowest BCUT2D eigenvalue weighted by atomic mass is 9.84. The van der Waals surface area contributed by atoms with Crippen molar-refractivity contribution in [3.8, 4) is 22.8 Å². The fraction of sp³-hybridized carbons (Fsp3) is 0.478. The Morgan fingerprint density at radius 2 is 1.78 bits per heavy atom. The monoisotopic (exact) mass is 947 g/mol. The molecule has 3 amide bonds. The number of carbonyl (C=O) groups is 3. The van der Waals surface area contributed by atoms with Gasteiger partial charge in [-0.2, -0.15) is 0 Å². The fourth-order valence-corrected chi connectivity index (χ4v) is 9.64. The quantitative estimate of drug-likeness (QED) is 0.0616. The van der Waals surface area contributed by atoms with Gasteiger partial charge in [0, 0.05) is 69.4 Å². The molecule has 0 spiro atoms. The van der Waals surface area contributed by atoms with Crippen LogP contribution in [0.5, 0.6) is 11.5 Å². The number of aliphatic hydroxyl groups is 1. The Morgan fingerprint density at radius 1 is 0.956 bits per heavy atom. The van der Waals surface area contributed by atoms with Crippen LogP contribution in [-0.4, -0.2) is 137 Å². The highest BCUT2D eigenvalue weighted by molar-refractivity contribution is 6.05. The molecule has 3 fully saturated rings. The Kier molecular flexibility index (Phi) is 13.5. The third-order valence-corrected chi connectivity index (χ3v) is 13.3. The van der Waals surface area contributed by atoms with E-state index in [1.54, 1.807) is 29.2 Å². The Bertz CT molecular complexity index is 2550. The molecular formula is C46H53F4N11O7. The Hall–Kier alpha value is -6.36. The molecule has 1 unspecified atom stereocenters. The standard InChI is InChI=1S/C46H53F4N11O7/c47-32-19-37(68-28-6-10-58(11-7-28)12-13-66-14-15-67-29-2-3-30-26(16-29)22-61(45(30)65)35-4-5-38(62)57-44(35)64)33(48)18-31(32)34-17-27(21-60-25-56-39-42(51)54-24-55-43(39)60)36(20-53-34)59-9-1-8-46(52,23-59)40(63)41(49)50/h2-3,16-20,24,28,35,40-41,56,63H,1,4-15,21-23,25,52H2,(H2,51,54,55)(H,57,62,64)/t35?,40-,46+/m0/s1.